The van der Waals surface area contributed by atoms with Crippen LogP contribution in [0.15, 0.2) is 10.5 Å². The molecule has 0 spiro atoms. The fraction of sp³-hybridized carbons (Fsp3) is 0.462. The highest BCUT2D eigenvalue weighted by Gasteiger charge is 2.16. The van der Waals surface area contributed by atoms with Gasteiger partial charge in [0.1, 0.15) is 19.5 Å². The quantitative estimate of drug-likeness (QED) is 0.373. The Labute approximate surface area is 135 Å². The summed E-state index contributed by atoms with van der Waals surface area (Å²) in [7, 11) is 1.58. The molecule has 8 heteroatoms. The first-order chi connectivity index (χ1) is 10.1. The van der Waals surface area contributed by atoms with Crippen molar-refractivity contribution in [2.24, 2.45) is 0 Å². The minimum absolute atomic E-state index is 0.0166. The number of hydrogen-bond donors (Lipinski definition) is 0. The molecule has 0 saturated heterocycles. The van der Waals surface area contributed by atoms with E-state index in [0.717, 1.165) is 0 Å². The van der Waals surface area contributed by atoms with Crippen molar-refractivity contribution in [2.45, 2.75) is 0 Å². The van der Waals surface area contributed by atoms with E-state index >= 15 is 0 Å². The number of methoxy groups -OCH3 is 1. The van der Waals surface area contributed by atoms with Gasteiger partial charge in [0.15, 0.2) is 11.6 Å². The maximum absolute atomic E-state index is 13.6. The number of benzene rings is 1. The first kappa shape index (κ1) is 18.1. The van der Waals surface area contributed by atoms with Crippen molar-refractivity contribution in [2.75, 3.05) is 40.3 Å². The van der Waals surface area contributed by atoms with Crippen LogP contribution < -0.4 is 4.74 Å². The molecule has 0 N–H and O–H groups in total. The molecule has 0 aliphatic carbocycles. The van der Waals surface area contributed by atoms with Crippen molar-refractivity contribution in [1.29, 1.82) is 5.26 Å². The lowest BCUT2D eigenvalue weighted by Gasteiger charge is -2.11. The van der Waals surface area contributed by atoms with Crippen molar-refractivity contribution < 1.29 is 23.3 Å². The van der Waals surface area contributed by atoms with Gasteiger partial charge in [0, 0.05) is 7.11 Å². The van der Waals surface area contributed by atoms with Crippen LogP contribution in [0.4, 0.5) is 4.39 Å². The first-order valence-corrected chi connectivity index (χ1v) is 7.13. The highest BCUT2D eigenvalue weighted by atomic mass is 79.9. The van der Waals surface area contributed by atoms with Gasteiger partial charge < -0.3 is 18.9 Å². The van der Waals surface area contributed by atoms with Crippen LogP contribution in [0.25, 0.3) is 0 Å². The average Bonchev–Trinajstić information content (AvgIpc) is 2.49. The Morgan fingerprint density at radius 3 is 2.57 bits per heavy atom. The van der Waals surface area contributed by atoms with Crippen LogP contribution in [0.1, 0.15) is 5.56 Å². The van der Waals surface area contributed by atoms with Gasteiger partial charge in [-0.15, -0.1) is 0 Å². The fourth-order valence-corrected chi connectivity index (χ4v) is 2.18. The Morgan fingerprint density at radius 2 is 1.95 bits per heavy atom. The molecule has 5 nitrogen and oxygen atoms in total. The third kappa shape index (κ3) is 5.77. The summed E-state index contributed by atoms with van der Waals surface area (Å²) in [5.74, 6) is -0.571. The molecule has 0 fully saturated rings. The maximum Gasteiger partial charge on any atom is 0.159 e. The second-order valence-electron chi connectivity index (χ2n) is 3.75. The number of hydrogen-bond acceptors (Lipinski definition) is 5. The van der Waals surface area contributed by atoms with Crippen LogP contribution in [0.3, 0.4) is 0 Å². The second kappa shape index (κ2) is 9.92. The van der Waals surface area contributed by atoms with Crippen LogP contribution >= 0.6 is 27.5 Å². The lowest BCUT2D eigenvalue weighted by atomic mass is 10.2. The molecule has 0 aromatic heterocycles. The van der Waals surface area contributed by atoms with Gasteiger partial charge in [0.2, 0.25) is 0 Å². The van der Waals surface area contributed by atoms with E-state index in [-0.39, 0.29) is 40.8 Å². The highest BCUT2D eigenvalue weighted by molar-refractivity contribution is 9.10. The molecule has 0 radical (unpaired) electrons. The van der Waals surface area contributed by atoms with Gasteiger partial charge in [-0.3, -0.25) is 0 Å². The SMILES string of the molecule is COCCOCOCCOc1c(C#N)cc(Cl)c(F)c1Br. The molecule has 0 amide bonds. The molecule has 0 aliphatic rings. The molecular formula is C13H14BrClFNO4. The lowest BCUT2D eigenvalue weighted by molar-refractivity contribution is -0.0711. The Balaban J connectivity index is 2.42. The largest absolute Gasteiger partial charge is 0.488 e. The van der Waals surface area contributed by atoms with Crippen molar-refractivity contribution in [3.8, 4) is 11.8 Å². The van der Waals surface area contributed by atoms with Crippen molar-refractivity contribution >= 4 is 27.5 Å². The summed E-state index contributed by atoms with van der Waals surface area (Å²) in [6, 6.07) is 3.11. The molecule has 0 atom stereocenters. The molecule has 0 heterocycles. The minimum Gasteiger partial charge on any atom is -0.488 e. The predicted molar refractivity (Wildman–Crippen MR) is 78.0 cm³/mol. The van der Waals surface area contributed by atoms with E-state index in [9.17, 15) is 4.39 Å². The smallest absolute Gasteiger partial charge is 0.159 e. The van der Waals surface area contributed by atoms with Crippen LogP contribution in [-0.2, 0) is 14.2 Å². The van der Waals surface area contributed by atoms with Crippen LogP contribution in [-0.4, -0.2) is 40.3 Å². The zero-order valence-corrected chi connectivity index (χ0v) is 13.7. The van der Waals surface area contributed by atoms with E-state index < -0.39 is 5.82 Å². The number of nitrogens with zero attached hydrogens (tertiary/aromatic N) is 1. The maximum atomic E-state index is 13.6. The third-order valence-corrected chi connectivity index (χ3v) is 3.29. The topological polar surface area (TPSA) is 60.7 Å². The summed E-state index contributed by atoms with van der Waals surface area (Å²) in [6.07, 6.45) is 0. The van der Waals surface area contributed by atoms with Gasteiger partial charge in [0.25, 0.3) is 0 Å². The van der Waals surface area contributed by atoms with Crippen molar-refractivity contribution in [1.82, 2.24) is 0 Å². The Morgan fingerprint density at radius 1 is 1.29 bits per heavy atom. The van der Waals surface area contributed by atoms with E-state index in [1.807, 2.05) is 6.07 Å². The van der Waals surface area contributed by atoms with Crippen LogP contribution in [0, 0.1) is 17.1 Å². The average molecular weight is 383 g/mol. The number of rotatable bonds is 9. The van der Waals surface area contributed by atoms with E-state index in [0.29, 0.717) is 13.2 Å². The van der Waals surface area contributed by atoms with Gasteiger partial charge in [-0.2, -0.15) is 5.26 Å². The van der Waals surface area contributed by atoms with E-state index in [1.165, 1.54) is 6.07 Å². The zero-order chi connectivity index (χ0) is 15.7. The summed E-state index contributed by atoms with van der Waals surface area (Å²) in [6.45, 7) is 1.40. The summed E-state index contributed by atoms with van der Waals surface area (Å²) >= 11 is 8.67. The number of nitriles is 1. The minimum atomic E-state index is -0.672. The molecule has 21 heavy (non-hydrogen) atoms. The molecule has 1 aromatic rings. The molecule has 0 aliphatic heterocycles. The van der Waals surface area contributed by atoms with Crippen LogP contribution in [0.5, 0.6) is 5.75 Å². The number of halogens is 3. The van der Waals surface area contributed by atoms with Crippen molar-refractivity contribution in [3.05, 3.63) is 26.9 Å². The molecule has 0 unspecified atom stereocenters. The van der Waals surface area contributed by atoms with Crippen molar-refractivity contribution in [3.63, 3.8) is 0 Å². The molecule has 1 rings (SSSR count). The first-order valence-electron chi connectivity index (χ1n) is 5.96. The van der Waals surface area contributed by atoms with E-state index in [4.69, 9.17) is 35.8 Å². The predicted octanol–water partition coefficient (Wildman–Crippen LogP) is 3.13. The van der Waals surface area contributed by atoms with Crippen LogP contribution in [0.2, 0.25) is 5.02 Å². The molecule has 0 saturated carbocycles. The Bertz CT molecular complexity index is 510. The fourth-order valence-electron chi connectivity index (χ4n) is 1.32. The van der Waals surface area contributed by atoms with Gasteiger partial charge >= 0.3 is 0 Å². The monoisotopic (exact) mass is 381 g/mol. The van der Waals surface area contributed by atoms with E-state index in [1.54, 1.807) is 7.11 Å². The zero-order valence-electron chi connectivity index (χ0n) is 11.3. The Hall–Kier alpha value is -0.910. The van der Waals surface area contributed by atoms with Gasteiger partial charge in [-0.25, -0.2) is 4.39 Å². The third-order valence-electron chi connectivity index (χ3n) is 2.31. The lowest BCUT2D eigenvalue weighted by Crippen LogP contribution is -2.12. The molecule has 0 bridgehead atoms. The Kier molecular flexibility index (Phi) is 8.57. The summed E-state index contributed by atoms with van der Waals surface area (Å²) < 4.78 is 34.0. The van der Waals surface area contributed by atoms with Gasteiger partial charge in [-0.05, 0) is 22.0 Å². The summed E-state index contributed by atoms with van der Waals surface area (Å²) in [4.78, 5) is 0. The number of ether oxygens (including phenoxy) is 4. The van der Waals surface area contributed by atoms with Gasteiger partial charge in [-0.1, -0.05) is 11.6 Å². The summed E-state index contributed by atoms with van der Waals surface area (Å²) in [5.41, 5.74) is 0.143. The standard InChI is InChI=1S/C13H14BrClFNO4/c1-18-2-3-19-8-20-4-5-21-13-9(7-17)6-10(15)12(16)11(13)14/h6H,2-5,8H2,1H3. The molecule has 1 aromatic carbocycles. The summed E-state index contributed by atoms with van der Waals surface area (Å²) in [5, 5.41) is 8.84. The highest BCUT2D eigenvalue weighted by Crippen LogP contribution is 2.35. The second-order valence-corrected chi connectivity index (χ2v) is 4.95. The normalized spacial score (nSPS) is 10.4. The molecular weight excluding hydrogens is 369 g/mol. The van der Waals surface area contributed by atoms with Gasteiger partial charge in [0.05, 0.1) is 34.9 Å². The van der Waals surface area contributed by atoms with E-state index in [2.05, 4.69) is 15.9 Å². The molecule has 116 valence electrons.